The highest BCUT2D eigenvalue weighted by atomic mass is 79.9. The van der Waals surface area contributed by atoms with Gasteiger partial charge >= 0.3 is 0 Å². The quantitative estimate of drug-likeness (QED) is 0.775. The van der Waals surface area contributed by atoms with Crippen molar-refractivity contribution in [2.45, 2.75) is 13.0 Å². The van der Waals surface area contributed by atoms with Crippen LogP contribution >= 0.6 is 15.9 Å². The van der Waals surface area contributed by atoms with E-state index in [1.54, 1.807) is 0 Å². The molecule has 0 N–H and O–H groups in total. The van der Waals surface area contributed by atoms with Crippen LogP contribution in [-0.4, -0.2) is 30.8 Å². The van der Waals surface area contributed by atoms with Crippen LogP contribution in [0.2, 0.25) is 0 Å². The summed E-state index contributed by atoms with van der Waals surface area (Å²) in [5.41, 5.74) is 0. The third kappa shape index (κ3) is 2.07. The highest BCUT2D eigenvalue weighted by Crippen LogP contribution is 2.21. The van der Waals surface area contributed by atoms with Gasteiger partial charge in [-0.1, -0.05) is 6.07 Å². The second-order valence-electron chi connectivity index (χ2n) is 3.30. The Labute approximate surface area is 92.2 Å². The summed E-state index contributed by atoms with van der Waals surface area (Å²) in [6.07, 6.45) is 0.390. The molecule has 76 valence electrons. The standard InChI is InChI=1S/C10H13BrN2O/c1-2-14-8-6-13(7-8)10-5-3-4-9(11)12-10/h3-5,8H,2,6-7H2,1H3. The molecule has 14 heavy (non-hydrogen) atoms. The fourth-order valence-corrected chi connectivity index (χ4v) is 1.87. The summed E-state index contributed by atoms with van der Waals surface area (Å²) in [5, 5.41) is 0. The van der Waals surface area contributed by atoms with Gasteiger partial charge in [0.05, 0.1) is 6.10 Å². The summed E-state index contributed by atoms with van der Waals surface area (Å²) in [6, 6.07) is 5.96. The van der Waals surface area contributed by atoms with Crippen molar-refractivity contribution < 1.29 is 4.74 Å². The highest BCUT2D eigenvalue weighted by molar-refractivity contribution is 9.10. The van der Waals surface area contributed by atoms with E-state index in [0.717, 1.165) is 30.1 Å². The highest BCUT2D eigenvalue weighted by Gasteiger charge is 2.27. The molecule has 0 amide bonds. The van der Waals surface area contributed by atoms with Crippen molar-refractivity contribution in [3.63, 3.8) is 0 Å². The number of aromatic nitrogens is 1. The Morgan fingerprint density at radius 1 is 1.57 bits per heavy atom. The first-order chi connectivity index (χ1) is 6.79. The largest absolute Gasteiger partial charge is 0.375 e. The van der Waals surface area contributed by atoms with Gasteiger partial charge in [-0.3, -0.25) is 0 Å². The van der Waals surface area contributed by atoms with Crippen LogP contribution in [0.25, 0.3) is 0 Å². The molecule has 0 unspecified atom stereocenters. The molecule has 0 atom stereocenters. The molecule has 0 saturated carbocycles. The molecule has 1 fully saturated rings. The Morgan fingerprint density at radius 3 is 3.00 bits per heavy atom. The van der Waals surface area contributed by atoms with E-state index in [4.69, 9.17) is 4.74 Å². The Hall–Kier alpha value is -0.610. The first-order valence-electron chi connectivity index (χ1n) is 4.78. The second-order valence-corrected chi connectivity index (χ2v) is 4.11. The average molecular weight is 257 g/mol. The zero-order chi connectivity index (χ0) is 9.97. The molecule has 1 aromatic rings. The normalized spacial score (nSPS) is 16.9. The van der Waals surface area contributed by atoms with Gasteiger partial charge < -0.3 is 9.64 Å². The summed E-state index contributed by atoms with van der Waals surface area (Å²) in [7, 11) is 0. The van der Waals surface area contributed by atoms with Crippen molar-refractivity contribution >= 4 is 21.7 Å². The van der Waals surface area contributed by atoms with Crippen LogP contribution in [0, 0.1) is 0 Å². The minimum atomic E-state index is 0.390. The van der Waals surface area contributed by atoms with E-state index in [2.05, 4.69) is 25.8 Å². The summed E-state index contributed by atoms with van der Waals surface area (Å²) >= 11 is 3.36. The van der Waals surface area contributed by atoms with Crippen molar-refractivity contribution in [3.8, 4) is 0 Å². The Bertz CT molecular complexity index is 313. The van der Waals surface area contributed by atoms with Crippen LogP contribution in [0.1, 0.15) is 6.92 Å². The van der Waals surface area contributed by atoms with Crippen LogP contribution in [0.3, 0.4) is 0 Å². The van der Waals surface area contributed by atoms with Crippen molar-refractivity contribution in [1.29, 1.82) is 0 Å². The zero-order valence-electron chi connectivity index (χ0n) is 8.11. The second kappa shape index (κ2) is 4.28. The lowest BCUT2D eigenvalue weighted by atomic mass is 10.1. The van der Waals surface area contributed by atoms with E-state index in [-0.39, 0.29) is 0 Å². The third-order valence-corrected chi connectivity index (χ3v) is 2.72. The molecule has 3 nitrogen and oxygen atoms in total. The lowest BCUT2D eigenvalue weighted by Gasteiger charge is -2.39. The number of hydrogen-bond acceptors (Lipinski definition) is 3. The van der Waals surface area contributed by atoms with Gasteiger partial charge in [0.1, 0.15) is 10.4 Å². The molecule has 0 radical (unpaired) electrons. The third-order valence-electron chi connectivity index (χ3n) is 2.27. The molecule has 1 saturated heterocycles. The van der Waals surface area contributed by atoms with E-state index in [0.29, 0.717) is 6.10 Å². The molecular formula is C10H13BrN2O. The molecule has 1 aromatic heterocycles. The molecule has 1 aliphatic rings. The molecule has 2 heterocycles. The monoisotopic (exact) mass is 256 g/mol. The maximum absolute atomic E-state index is 5.48. The van der Waals surface area contributed by atoms with Crippen LogP contribution in [-0.2, 0) is 4.74 Å². The van der Waals surface area contributed by atoms with Crippen molar-refractivity contribution in [2.24, 2.45) is 0 Å². The van der Waals surface area contributed by atoms with E-state index >= 15 is 0 Å². The van der Waals surface area contributed by atoms with Gasteiger partial charge in [-0.2, -0.15) is 0 Å². The zero-order valence-corrected chi connectivity index (χ0v) is 9.70. The van der Waals surface area contributed by atoms with E-state index in [9.17, 15) is 0 Å². The number of rotatable bonds is 3. The van der Waals surface area contributed by atoms with Crippen molar-refractivity contribution in [1.82, 2.24) is 4.98 Å². The Balaban J connectivity index is 1.93. The SMILES string of the molecule is CCOC1CN(c2cccc(Br)n2)C1. The molecule has 0 spiro atoms. The topological polar surface area (TPSA) is 25.4 Å². The van der Waals surface area contributed by atoms with Gasteiger partial charge in [-0.25, -0.2) is 4.98 Å². The predicted octanol–water partition coefficient (Wildman–Crippen LogP) is 2.07. The number of halogens is 1. The number of hydrogen-bond donors (Lipinski definition) is 0. The number of anilines is 1. The van der Waals surface area contributed by atoms with Gasteiger partial charge in [0, 0.05) is 19.7 Å². The lowest BCUT2D eigenvalue weighted by molar-refractivity contribution is 0.0427. The Morgan fingerprint density at radius 2 is 2.36 bits per heavy atom. The minimum absolute atomic E-state index is 0.390. The fraction of sp³-hybridized carbons (Fsp3) is 0.500. The minimum Gasteiger partial charge on any atom is -0.375 e. The Kier molecular flexibility index (Phi) is 3.03. The van der Waals surface area contributed by atoms with Crippen LogP contribution in [0.5, 0.6) is 0 Å². The van der Waals surface area contributed by atoms with Crippen molar-refractivity contribution in [2.75, 3.05) is 24.6 Å². The average Bonchev–Trinajstić information content (AvgIpc) is 2.10. The van der Waals surface area contributed by atoms with Gasteiger partial charge in [-0.15, -0.1) is 0 Å². The van der Waals surface area contributed by atoms with Gasteiger partial charge in [0.25, 0.3) is 0 Å². The molecule has 0 aliphatic carbocycles. The van der Waals surface area contributed by atoms with E-state index < -0.39 is 0 Å². The smallest absolute Gasteiger partial charge is 0.130 e. The fourth-order valence-electron chi connectivity index (χ4n) is 1.54. The summed E-state index contributed by atoms with van der Waals surface area (Å²) < 4.78 is 6.36. The summed E-state index contributed by atoms with van der Waals surface area (Å²) in [4.78, 5) is 6.59. The first kappa shape index (κ1) is 9.93. The summed E-state index contributed by atoms with van der Waals surface area (Å²) in [5.74, 6) is 1.02. The molecule has 0 bridgehead atoms. The molecule has 2 rings (SSSR count). The predicted molar refractivity (Wildman–Crippen MR) is 59.6 cm³/mol. The number of ether oxygens (including phenoxy) is 1. The number of pyridine rings is 1. The molecule has 0 aromatic carbocycles. The van der Waals surface area contributed by atoms with E-state index in [1.807, 2.05) is 25.1 Å². The van der Waals surface area contributed by atoms with Crippen LogP contribution < -0.4 is 4.90 Å². The lowest BCUT2D eigenvalue weighted by Crippen LogP contribution is -2.52. The van der Waals surface area contributed by atoms with Gasteiger partial charge in [-0.05, 0) is 35.0 Å². The molecule has 1 aliphatic heterocycles. The van der Waals surface area contributed by atoms with Gasteiger partial charge in [0.2, 0.25) is 0 Å². The maximum Gasteiger partial charge on any atom is 0.130 e. The molecule has 4 heteroatoms. The summed E-state index contributed by atoms with van der Waals surface area (Å²) in [6.45, 7) is 4.74. The van der Waals surface area contributed by atoms with E-state index in [1.165, 1.54) is 0 Å². The van der Waals surface area contributed by atoms with Crippen LogP contribution in [0.4, 0.5) is 5.82 Å². The van der Waals surface area contributed by atoms with Crippen LogP contribution in [0.15, 0.2) is 22.8 Å². The number of nitrogens with zero attached hydrogens (tertiary/aromatic N) is 2. The molecular weight excluding hydrogens is 244 g/mol. The first-order valence-corrected chi connectivity index (χ1v) is 5.58. The van der Waals surface area contributed by atoms with Gasteiger partial charge in [0.15, 0.2) is 0 Å². The maximum atomic E-state index is 5.48. The van der Waals surface area contributed by atoms with Crippen molar-refractivity contribution in [3.05, 3.63) is 22.8 Å².